The van der Waals surface area contributed by atoms with E-state index in [4.69, 9.17) is 4.74 Å². The monoisotopic (exact) mass is 268 g/mol. The second kappa shape index (κ2) is 4.45. The molecule has 0 aromatic carbocycles. The van der Waals surface area contributed by atoms with Gasteiger partial charge in [-0.25, -0.2) is 0 Å². The Balaban J connectivity index is 1.95. The molecule has 3 aliphatic carbocycles. The first-order chi connectivity index (χ1) is 9.02. The molecule has 3 rings (SSSR count). The second-order valence-electron chi connectivity index (χ2n) is 6.59. The van der Waals surface area contributed by atoms with Gasteiger partial charge in [0.2, 0.25) is 0 Å². The van der Waals surface area contributed by atoms with E-state index < -0.39 is 17.3 Å². The number of esters is 1. The summed E-state index contributed by atoms with van der Waals surface area (Å²) in [4.78, 5) is 11.5. The molecule has 0 amide bonds. The van der Waals surface area contributed by atoms with Crippen LogP contribution in [0.4, 0.5) is 0 Å². The van der Waals surface area contributed by atoms with Crippen molar-refractivity contribution in [2.45, 2.75) is 75.6 Å². The molecule has 4 heteroatoms. The van der Waals surface area contributed by atoms with E-state index in [9.17, 15) is 15.0 Å². The average Bonchev–Trinajstić information content (AvgIpc) is 2.48. The molecule has 108 valence electrons. The van der Waals surface area contributed by atoms with Gasteiger partial charge in [0, 0.05) is 18.8 Å². The van der Waals surface area contributed by atoms with Crippen LogP contribution < -0.4 is 0 Å². The van der Waals surface area contributed by atoms with Gasteiger partial charge < -0.3 is 14.9 Å². The fourth-order valence-electron chi connectivity index (χ4n) is 5.06. The van der Waals surface area contributed by atoms with Gasteiger partial charge in [-0.1, -0.05) is 19.3 Å². The number of rotatable bonds is 1. The predicted molar refractivity (Wildman–Crippen MR) is 69.4 cm³/mol. The van der Waals surface area contributed by atoms with Gasteiger partial charge in [-0.2, -0.15) is 0 Å². The Morgan fingerprint density at radius 3 is 2.32 bits per heavy atom. The molecule has 3 aliphatic rings. The summed E-state index contributed by atoms with van der Waals surface area (Å²) < 4.78 is 5.71. The van der Waals surface area contributed by atoms with Crippen molar-refractivity contribution in [2.75, 3.05) is 0 Å². The summed E-state index contributed by atoms with van der Waals surface area (Å²) in [6.45, 7) is 1.45. The van der Waals surface area contributed by atoms with E-state index in [-0.39, 0.29) is 17.8 Å². The zero-order valence-electron chi connectivity index (χ0n) is 11.6. The van der Waals surface area contributed by atoms with Gasteiger partial charge in [0.25, 0.3) is 0 Å². The maximum atomic E-state index is 11.5. The first kappa shape index (κ1) is 13.4. The van der Waals surface area contributed by atoms with Gasteiger partial charge in [-0.3, -0.25) is 4.79 Å². The number of ether oxygens (including phenoxy) is 1. The van der Waals surface area contributed by atoms with Crippen LogP contribution in [0, 0.1) is 11.8 Å². The van der Waals surface area contributed by atoms with Crippen LogP contribution in [0.15, 0.2) is 0 Å². The van der Waals surface area contributed by atoms with Crippen molar-refractivity contribution in [3.05, 3.63) is 0 Å². The molecule has 0 saturated heterocycles. The first-order valence-corrected chi connectivity index (χ1v) is 7.62. The summed E-state index contributed by atoms with van der Waals surface area (Å²) in [5.74, 6) is -0.407. The van der Waals surface area contributed by atoms with Crippen LogP contribution in [0.1, 0.15) is 58.3 Å². The molecule has 0 heterocycles. The number of fused-ring (bicyclic) bond motifs is 4. The van der Waals surface area contributed by atoms with Crippen LogP contribution in [-0.4, -0.2) is 33.5 Å². The lowest BCUT2D eigenvalue weighted by molar-refractivity contribution is -0.333. The Morgan fingerprint density at radius 2 is 1.68 bits per heavy atom. The third kappa shape index (κ3) is 1.69. The minimum absolute atomic E-state index is 0.0734. The largest absolute Gasteiger partial charge is 0.458 e. The second-order valence-corrected chi connectivity index (χ2v) is 6.59. The van der Waals surface area contributed by atoms with E-state index >= 15 is 0 Å². The topological polar surface area (TPSA) is 66.8 Å². The van der Waals surface area contributed by atoms with Gasteiger partial charge >= 0.3 is 5.97 Å². The van der Waals surface area contributed by atoms with E-state index in [0.29, 0.717) is 6.42 Å². The number of hydrogen-bond acceptors (Lipinski definition) is 4. The van der Waals surface area contributed by atoms with E-state index in [1.165, 1.54) is 6.92 Å². The quantitative estimate of drug-likeness (QED) is 0.711. The molecule has 3 fully saturated rings. The third-order valence-electron chi connectivity index (χ3n) is 5.69. The molecule has 2 N–H and O–H groups in total. The smallest absolute Gasteiger partial charge is 0.303 e. The van der Waals surface area contributed by atoms with Crippen molar-refractivity contribution < 1.29 is 19.7 Å². The Hall–Kier alpha value is -0.610. The molecule has 3 saturated carbocycles. The highest BCUT2D eigenvalue weighted by Crippen LogP contribution is 2.64. The third-order valence-corrected chi connectivity index (χ3v) is 5.69. The zero-order valence-corrected chi connectivity index (χ0v) is 11.6. The number of carbonyl (C=O) groups excluding carboxylic acids is 1. The number of aliphatic hydroxyl groups is 2. The fraction of sp³-hybridized carbons (Fsp3) is 0.933. The molecule has 0 radical (unpaired) electrons. The Labute approximate surface area is 114 Å². The lowest BCUT2D eigenvalue weighted by Crippen LogP contribution is -2.79. The summed E-state index contributed by atoms with van der Waals surface area (Å²) in [6.07, 6.45) is 6.61. The molecule has 19 heavy (non-hydrogen) atoms. The minimum atomic E-state index is -1.02. The molecule has 0 aromatic rings. The Kier molecular flexibility index (Phi) is 3.13. The Morgan fingerprint density at radius 1 is 1.11 bits per heavy atom. The van der Waals surface area contributed by atoms with Gasteiger partial charge in [0.15, 0.2) is 0 Å². The molecule has 4 nitrogen and oxygen atoms in total. The van der Waals surface area contributed by atoms with E-state index in [1.54, 1.807) is 0 Å². The molecule has 0 spiro atoms. The van der Waals surface area contributed by atoms with Gasteiger partial charge in [-0.05, 0) is 32.1 Å². The Bertz CT molecular complexity index is 382. The molecule has 0 aromatic heterocycles. The van der Waals surface area contributed by atoms with Crippen molar-refractivity contribution >= 4 is 5.97 Å². The van der Waals surface area contributed by atoms with E-state index in [1.807, 2.05) is 0 Å². The summed E-state index contributed by atoms with van der Waals surface area (Å²) in [7, 11) is 0. The zero-order chi connectivity index (χ0) is 13.7. The lowest BCUT2D eigenvalue weighted by atomic mass is 9.44. The highest BCUT2D eigenvalue weighted by molar-refractivity contribution is 5.67. The SMILES string of the molecule is CC(=O)O[C@@]12CCCC[C@@H]1[C@@]1(O)[C@@H]2CCCC[C@@H]1O. The van der Waals surface area contributed by atoms with Crippen LogP contribution >= 0.6 is 0 Å². The van der Waals surface area contributed by atoms with Crippen molar-refractivity contribution in [1.82, 2.24) is 0 Å². The molecule has 5 atom stereocenters. The lowest BCUT2D eigenvalue weighted by Gasteiger charge is -2.67. The molecular formula is C15H24O4. The summed E-state index contributed by atoms with van der Waals surface area (Å²) in [6, 6.07) is 0. The first-order valence-electron chi connectivity index (χ1n) is 7.62. The number of carbonyl (C=O) groups is 1. The van der Waals surface area contributed by atoms with Crippen LogP contribution in [-0.2, 0) is 9.53 Å². The number of hydrogen-bond donors (Lipinski definition) is 2. The van der Waals surface area contributed by atoms with Gasteiger partial charge in [0.05, 0.1) is 6.10 Å². The molecule has 0 aliphatic heterocycles. The fourth-order valence-corrected chi connectivity index (χ4v) is 5.06. The molecular weight excluding hydrogens is 244 g/mol. The van der Waals surface area contributed by atoms with Crippen LogP contribution in [0.2, 0.25) is 0 Å². The predicted octanol–water partition coefficient (Wildman–Crippen LogP) is 1.77. The molecule has 0 unspecified atom stereocenters. The van der Waals surface area contributed by atoms with Crippen molar-refractivity contribution in [2.24, 2.45) is 11.8 Å². The normalized spacial score (nSPS) is 49.3. The highest BCUT2D eigenvalue weighted by Gasteiger charge is 2.74. The minimum Gasteiger partial charge on any atom is -0.458 e. The summed E-state index contributed by atoms with van der Waals surface area (Å²) in [5.41, 5.74) is -1.52. The summed E-state index contributed by atoms with van der Waals surface area (Å²) >= 11 is 0. The van der Waals surface area contributed by atoms with Crippen LogP contribution in [0.25, 0.3) is 0 Å². The maximum Gasteiger partial charge on any atom is 0.303 e. The standard InChI is InChI=1S/C15H24O4/c1-10(16)19-14-9-5-4-7-12(14)15(18)11(14)6-2-3-8-13(15)17/h11-13,17-18H,2-9H2,1H3/t11-,12+,13+,14-,15+/m1/s1. The maximum absolute atomic E-state index is 11.5. The van der Waals surface area contributed by atoms with Crippen molar-refractivity contribution in [1.29, 1.82) is 0 Å². The number of aliphatic hydroxyl groups excluding tert-OH is 1. The van der Waals surface area contributed by atoms with E-state index in [2.05, 4.69) is 0 Å². The van der Waals surface area contributed by atoms with Crippen molar-refractivity contribution in [3.63, 3.8) is 0 Å². The molecule has 0 bridgehead atoms. The average molecular weight is 268 g/mol. The van der Waals surface area contributed by atoms with Crippen LogP contribution in [0.3, 0.4) is 0 Å². The van der Waals surface area contributed by atoms with Gasteiger partial charge in [-0.15, -0.1) is 0 Å². The van der Waals surface area contributed by atoms with Crippen LogP contribution in [0.5, 0.6) is 0 Å². The highest BCUT2D eigenvalue weighted by atomic mass is 16.6. The van der Waals surface area contributed by atoms with Gasteiger partial charge in [0.1, 0.15) is 11.2 Å². The van der Waals surface area contributed by atoms with Crippen molar-refractivity contribution in [3.8, 4) is 0 Å². The summed E-state index contributed by atoms with van der Waals surface area (Å²) in [5, 5.41) is 21.3. The van der Waals surface area contributed by atoms with E-state index in [0.717, 1.165) is 44.9 Å².